The molecule has 5 rings (SSSR count). The molecular weight excluding hydrogens is 555 g/mol. The molecule has 0 unspecified atom stereocenters. The standard InChI is InChI=1S/C25H19F9N6/c26-23(27,28)15-10-14(11-16(12-15)24(29,30)31)19-2-1-7-40-21(19)37-22(38-40)36-17-4-8-39(9-5-17)18-3-6-35-20(13-18)25(32,33)34/h1-3,6-7,10-13,17H,4-5,8-9H2,(H,36,38). The van der Waals surface area contributed by atoms with Gasteiger partial charge < -0.3 is 10.2 Å². The van der Waals surface area contributed by atoms with Crippen molar-refractivity contribution in [1.82, 2.24) is 19.6 Å². The first-order chi connectivity index (χ1) is 18.7. The van der Waals surface area contributed by atoms with E-state index in [9.17, 15) is 39.5 Å². The minimum atomic E-state index is -5.00. The summed E-state index contributed by atoms with van der Waals surface area (Å²) in [5, 5.41) is 7.36. The lowest BCUT2D eigenvalue weighted by atomic mass is 10.00. The largest absolute Gasteiger partial charge is 0.433 e. The topological polar surface area (TPSA) is 58.4 Å². The number of hydrogen-bond acceptors (Lipinski definition) is 5. The number of benzene rings is 1. The molecular formula is C25H19F9N6. The minimum absolute atomic E-state index is 0.0209. The molecule has 0 saturated carbocycles. The third-order valence-electron chi connectivity index (χ3n) is 6.49. The molecule has 1 saturated heterocycles. The van der Waals surface area contributed by atoms with Crippen LogP contribution >= 0.6 is 0 Å². The number of nitrogens with one attached hydrogen (secondary N) is 1. The van der Waals surface area contributed by atoms with Crippen molar-refractivity contribution < 1.29 is 39.5 Å². The van der Waals surface area contributed by atoms with E-state index in [1.165, 1.54) is 28.9 Å². The number of aromatic nitrogens is 4. The molecule has 1 aliphatic heterocycles. The first-order valence-electron chi connectivity index (χ1n) is 11.9. The molecule has 3 aromatic heterocycles. The van der Waals surface area contributed by atoms with Crippen molar-refractivity contribution >= 4 is 17.3 Å². The predicted octanol–water partition coefficient (Wildman–Crippen LogP) is 6.93. The summed E-state index contributed by atoms with van der Waals surface area (Å²) in [7, 11) is 0. The summed E-state index contributed by atoms with van der Waals surface area (Å²) < 4.78 is 120. The van der Waals surface area contributed by atoms with Crippen LogP contribution in [-0.4, -0.2) is 38.7 Å². The van der Waals surface area contributed by atoms with Crippen molar-refractivity contribution in [3.05, 3.63) is 71.7 Å². The molecule has 0 aliphatic carbocycles. The normalized spacial score (nSPS) is 15.6. The van der Waals surface area contributed by atoms with E-state index in [1.807, 2.05) is 0 Å². The molecule has 1 N–H and O–H groups in total. The molecule has 1 aliphatic rings. The van der Waals surface area contributed by atoms with Gasteiger partial charge >= 0.3 is 18.5 Å². The van der Waals surface area contributed by atoms with Gasteiger partial charge in [0.1, 0.15) is 5.69 Å². The Balaban J connectivity index is 1.36. The summed E-state index contributed by atoms with van der Waals surface area (Å²) in [5.74, 6) is 0.109. The van der Waals surface area contributed by atoms with Gasteiger partial charge in [-0.25, -0.2) is 4.52 Å². The van der Waals surface area contributed by atoms with E-state index in [4.69, 9.17) is 0 Å². The Morgan fingerprint density at radius 2 is 1.45 bits per heavy atom. The molecule has 212 valence electrons. The Bertz CT molecular complexity index is 1480. The van der Waals surface area contributed by atoms with Crippen LogP contribution in [-0.2, 0) is 18.5 Å². The Kier molecular flexibility index (Phi) is 6.78. The lowest BCUT2D eigenvalue weighted by Crippen LogP contribution is -2.39. The highest BCUT2D eigenvalue weighted by molar-refractivity contribution is 5.79. The number of rotatable bonds is 4. The molecule has 0 bridgehead atoms. The van der Waals surface area contributed by atoms with Gasteiger partial charge in [-0.3, -0.25) is 4.98 Å². The van der Waals surface area contributed by atoms with Gasteiger partial charge in [-0.1, -0.05) is 0 Å². The van der Waals surface area contributed by atoms with E-state index in [0.717, 1.165) is 12.3 Å². The maximum absolute atomic E-state index is 13.4. The van der Waals surface area contributed by atoms with E-state index in [-0.39, 0.29) is 34.8 Å². The third kappa shape index (κ3) is 5.77. The summed E-state index contributed by atoms with van der Waals surface area (Å²) >= 11 is 0. The van der Waals surface area contributed by atoms with Gasteiger partial charge in [0.2, 0.25) is 5.95 Å². The second kappa shape index (κ2) is 9.86. The summed E-state index contributed by atoms with van der Waals surface area (Å²) in [6.07, 6.45) is -11.0. The number of hydrogen-bond donors (Lipinski definition) is 1. The summed E-state index contributed by atoms with van der Waals surface area (Å²) in [4.78, 5) is 9.47. The first-order valence-corrected chi connectivity index (χ1v) is 11.9. The first kappa shape index (κ1) is 27.5. The molecule has 1 aromatic carbocycles. The number of halogens is 9. The average Bonchev–Trinajstić information content (AvgIpc) is 3.30. The van der Waals surface area contributed by atoms with Gasteiger partial charge in [-0.2, -0.15) is 44.5 Å². The van der Waals surface area contributed by atoms with Crippen molar-refractivity contribution in [3.8, 4) is 11.1 Å². The Morgan fingerprint density at radius 3 is 2.05 bits per heavy atom. The molecule has 0 amide bonds. The summed E-state index contributed by atoms with van der Waals surface area (Å²) in [6, 6.07) is 6.40. The van der Waals surface area contributed by atoms with Crippen LogP contribution in [0.3, 0.4) is 0 Å². The molecule has 0 spiro atoms. The van der Waals surface area contributed by atoms with Crippen molar-refractivity contribution in [2.24, 2.45) is 0 Å². The van der Waals surface area contributed by atoms with Crippen LogP contribution in [0.1, 0.15) is 29.7 Å². The monoisotopic (exact) mass is 574 g/mol. The second-order valence-electron chi connectivity index (χ2n) is 9.22. The average molecular weight is 574 g/mol. The van der Waals surface area contributed by atoms with Gasteiger partial charge in [0.15, 0.2) is 5.65 Å². The van der Waals surface area contributed by atoms with Crippen LogP contribution in [0.4, 0.5) is 51.1 Å². The Labute approximate surface area is 220 Å². The number of anilines is 2. The van der Waals surface area contributed by atoms with E-state index < -0.39 is 35.3 Å². The summed E-state index contributed by atoms with van der Waals surface area (Å²) in [5.41, 5.74) is -3.75. The molecule has 6 nitrogen and oxygen atoms in total. The van der Waals surface area contributed by atoms with Crippen molar-refractivity contribution in [3.63, 3.8) is 0 Å². The Morgan fingerprint density at radius 1 is 0.800 bits per heavy atom. The highest BCUT2D eigenvalue weighted by Crippen LogP contribution is 2.39. The SMILES string of the molecule is FC(F)(F)c1cc(-c2cccn3nc(NC4CCN(c5ccnc(C(F)(F)F)c5)CC4)nc23)cc(C(F)(F)F)c1. The van der Waals surface area contributed by atoms with E-state index in [1.54, 1.807) is 4.90 Å². The molecule has 0 atom stereocenters. The highest BCUT2D eigenvalue weighted by Gasteiger charge is 2.37. The zero-order valence-corrected chi connectivity index (χ0v) is 20.2. The maximum atomic E-state index is 13.4. The van der Waals surface area contributed by atoms with Crippen molar-refractivity contribution in [2.45, 2.75) is 37.4 Å². The smallest absolute Gasteiger partial charge is 0.371 e. The zero-order valence-electron chi connectivity index (χ0n) is 20.2. The van der Waals surface area contributed by atoms with Crippen LogP contribution < -0.4 is 10.2 Å². The Hall–Kier alpha value is -4.04. The van der Waals surface area contributed by atoms with Crippen molar-refractivity contribution in [1.29, 1.82) is 0 Å². The van der Waals surface area contributed by atoms with Crippen LogP contribution in [0.2, 0.25) is 0 Å². The fourth-order valence-corrected chi connectivity index (χ4v) is 4.54. The third-order valence-corrected chi connectivity index (χ3v) is 6.49. The van der Waals surface area contributed by atoms with Gasteiger partial charge in [0.05, 0.1) is 11.1 Å². The number of piperidine rings is 1. The lowest BCUT2D eigenvalue weighted by molar-refractivity contribution is -0.143. The number of nitrogens with zero attached hydrogens (tertiary/aromatic N) is 5. The van der Waals surface area contributed by atoms with Crippen molar-refractivity contribution in [2.75, 3.05) is 23.3 Å². The fourth-order valence-electron chi connectivity index (χ4n) is 4.54. The number of pyridine rings is 2. The summed E-state index contributed by atoms with van der Waals surface area (Å²) in [6.45, 7) is 0.837. The quantitative estimate of drug-likeness (QED) is 0.268. The lowest BCUT2D eigenvalue weighted by Gasteiger charge is -2.33. The van der Waals surface area contributed by atoms with Gasteiger partial charge in [-0.15, -0.1) is 5.10 Å². The molecule has 0 radical (unpaired) electrons. The molecule has 15 heteroatoms. The molecule has 40 heavy (non-hydrogen) atoms. The second-order valence-corrected chi connectivity index (χ2v) is 9.22. The number of fused-ring (bicyclic) bond motifs is 1. The van der Waals surface area contributed by atoms with E-state index >= 15 is 0 Å². The molecule has 1 fully saturated rings. The van der Waals surface area contributed by atoms with Crippen LogP contribution in [0.15, 0.2) is 54.9 Å². The van der Waals surface area contributed by atoms with Gasteiger partial charge in [-0.05, 0) is 60.9 Å². The number of alkyl halides is 9. The van der Waals surface area contributed by atoms with Crippen LogP contribution in [0.5, 0.6) is 0 Å². The van der Waals surface area contributed by atoms with Crippen LogP contribution in [0, 0.1) is 0 Å². The minimum Gasteiger partial charge on any atom is -0.371 e. The van der Waals surface area contributed by atoms with E-state index in [0.29, 0.717) is 43.8 Å². The molecule has 4 aromatic rings. The fraction of sp³-hybridized carbons (Fsp3) is 0.320. The molecule has 4 heterocycles. The predicted molar refractivity (Wildman–Crippen MR) is 127 cm³/mol. The maximum Gasteiger partial charge on any atom is 0.433 e. The van der Waals surface area contributed by atoms with E-state index in [2.05, 4.69) is 20.4 Å². The highest BCUT2D eigenvalue weighted by atomic mass is 19.4. The van der Waals surface area contributed by atoms with Gasteiger partial charge in [0, 0.05) is 42.8 Å². The van der Waals surface area contributed by atoms with Gasteiger partial charge in [0.25, 0.3) is 0 Å². The zero-order chi connectivity index (χ0) is 28.9. The van der Waals surface area contributed by atoms with Crippen LogP contribution in [0.25, 0.3) is 16.8 Å².